The molecule has 0 bridgehead atoms. The number of carbonyl (C=O) groups is 1. The van der Waals surface area contributed by atoms with Gasteiger partial charge in [-0.05, 0) is 58.0 Å². The van der Waals surface area contributed by atoms with Crippen molar-refractivity contribution in [2.24, 2.45) is 5.92 Å². The summed E-state index contributed by atoms with van der Waals surface area (Å²) < 4.78 is 1.94. The highest BCUT2D eigenvalue weighted by Crippen LogP contribution is 2.30. The minimum Gasteiger partial charge on any atom is -0.348 e. The predicted octanol–water partition coefficient (Wildman–Crippen LogP) is 2.86. The van der Waals surface area contributed by atoms with Crippen molar-refractivity contribution in [2.75, 3.05) is 13.1 Å². The van der Waals surface area contributed by atoms with Crippen LogP contribution in [0.2, 0.25) is 0 Å². The fourth-order valence-corrected chi connectivity index (χ4v) is 5.48. The smallest absolute Gasteiger partial charge is 0.220 e. The topological polar surface area (TPSA) is 62.2 Å². The summed E-state index contributed by atoms with van der Waals surface area (Å²) in [6.45, 7) is 7.79. The first kappa shape index (κ1) is 19.9. The Labute approximate surface area is 169 Å². The van der Waals surface area contributed by atoms with Crippen LogP contribution >= 0.6 is 0 Å². The number of hydrogen-bond donors (Lipinski definition) is 2. The molecule has 28 heavy (non-hydrogen) atoms. The van der Waals surface area contributed by atoms with Crippen molar-refractivity contribution in [3.8, 4) is 0 Å². The fourth-order valence-electron chi connectivity index (χ4n) is 5.48. The molecule has 1 aromatic rings. The lowest BCUT2D eigenvalue weighted by Gasteiger charge is -2.42. The third-order valence-electron chi connectivity index (χ3n) is 7.14. The molecule has 1 aromatic heterocycles. The zero-order valence-electron chi connectivity index (χ0n) is 17.6. The monoisotopic (exact) mass is 387 g/mol. The number of amides is 1. The quantitative estimate of drug-likeness (QED) is 0.816. The average molecular weight is 388 g/mol. The summed E-state index contributed by atoms with van der Waals surface area (Å²) in [6.07, 6.45) is 13.6. The van der Waals surface area contributed by atoms with Crippen molar-refractivity contribution in [3.63, 3.8) is 0 Å². The predicted molar refractivity (Wildman–Crippen MR) is 111 cm³/mol. The second-order valence-corrected chi connectivity index (χ2v) is 9.22. The van der Waals surface area contributed by atoms with Crippen LogP contribution < -0.4 is 10.6 Å². The molecule has 6 heteroatoms. The summed E-state index contributed by atoms with van der Waals surface area (Å²) in [6, 6.07) is 1.71. The van der Waals surface area contributed by atoms with E-state index in [0.29, 0.717) is 18.5 Å². The molecule has 2 aliphatic heterocycles. The molecule has 0 unspecified atom stereocenters. The van der Waals surface area contributed by atoms with Crippen molar-refractivity contribution in [1.29, 1.82) is 0 Å². The Hall–Kier alpha value is -1.40. The minimum absolute atomic E-state index is 0.0405. The molecule has 0 aromatic carbocycles. The number of nitrogens with zero attached hydrogens (tertiary/aromatic N) is 3. The second kappa shape index (κ2) is 8.95. The fraction of sp³-hybridized carbons (Fsp3) is 0.818. The van der Waals surface area contributed by atoms with Crippen molar-refractivity contribution in [3.05, 3.63) is 18.0 Å². The third kappa shape index (κ3) is 4.60. The molecular weight excluding hydrogens is 350 g/mol. The van der Waals surface area contributed by atoms with Gasteiger partial charge >= 0.3 is 0 Å². The maximum absolute atomic E-state index is 12.0. The number of nitrogens with one attached hydrogen (secondary N) is 2. The first-order chi connectivity index (χ1) is 13.6. The standard InChI is InChI=1S/C22H37N5O/c1-3-27-15-17(14-23-27)22-20(7-8-21(28)25-22)24-18-9-11-26(12-10-18)19-6-4-5-16(2)13-19/h14-16,18-20,22,24H,3-13H2,1-2H3,(H,25,28)/t16-,19-,20-,22+/m1/s1. The van der Waals surface area contributed by atoms with E-state index >= 15 is 0 Å². The van der Waals surface area contributed by atoms with Crippen LogP contribution in [0.4, 0.5) is 0 Å². The summed E-state index contributed by atoms with van der Waals surface area (Å²) in [5.41, 5.74) is 1.13. The Morgan fingerprint density at radius 2 is 2.04 bits per heavy atom. The molecule has 2 N–H and O–H groups in total. The first-order valence-electron chi connectivity index (χ1n) is 11.4. The van der Waals surface area contributed by atoms with Gasteiger partial charge in [-0.2, -0.15) is 5.10 Å². The van der Waals surface area contributed by atoms with E-state index in [1.54, 1.807) is 0 Å². The van der Waals surface area contributed by atoms with Gasteiger partial charge in [0.05, 0.1) is 12.2 Å². The molecule has 0 radical (unpaired) electrons. The summed E-state index contributed by atoms with van der Waals surface area (Å²) in [4.78, 5) is 14.8. The zero-order chi connectivity index (χ0) is 19.5. The van der Waals surface area contributed by atoms with Crippen molar-refractivity contribution in [1.82, 2.24) is 25.3 Å². The molecule has 6 nitrogen and oxygen atoms in total. The van der Waals surface area contributed by atoms with Gasteiger partial charge in [-0.3, -0.25) is 9.48 Å². The van der Waals surface area contributed by atoms with E-state index in [1.807, 2.05) is 10.9 Å². The highest BCUT2D eigenvalue weighted by molar-refractivity contribution is 5.77. The molecule has 1 amide bonds. The maximum Gasteiger partial charge on any atom is 0.220 e. The van der Waals surface area contributed by atoms with E-state index in [-0.39, 0.29) is 11.9 Å². The molecule has 1 aliphatic carbocycles. The molecule has 0 spiro atoms. The SMILES string of the molecule is CCn1cc([C@@H]2NC(=O)CC[C@H]2NC2CCN([C@@H]3CCC[C@@H](C)C3)CC2)cn1. The Morgan fingerprint density at radius 1 is 1.21 bits per heavy atom. The summed E-state index contributed by atoms with van der Waals surface area (Å²) in [7, 11) is 0. The lowest BCUT2D eigenvalue weighted by atomic mass is 9.85. The molecule has 1 saturated carbocycles. The van der Waals surface area contributed by atoms with Crippen LogP contribution in [0, 0.1) is 5.92 Å². The van der Waals surface area contributed by atoms with Gasteiger partial charge in [0.15, 0.2) is 0 Å². The van der Waals surface area contributed by atoms with Gasteiger partial charge in [-0.1, -0.05) is 19.8 Å². The van der Waals surface area contributed by atoms with Crippen LogP contribution in [-0.4, -0.2) is 51.8 Å². The summed E-state index contributed by atoms with van der Waals surface area (Å²) in [5, 5.41) is 11.5. The van der Waals surface area contributed by atoms with Crippen molar-refractivity contribution < 1.29 is 4.79 Å². The lowest BCUT2D eigenvalue weighted by molar-refractivity contribution is -0.124. The molecule has 4 rings (SSSR count). The number of aromatic nitrogens is 2. The van der Waals surface area contributed by atoms with Gasteiger partial charge < -0.3 is 15.5 Å². The van der Waals surface area contributed by atoms with Crippen LogP contribution in [-0.2, 0) is 11.3 Å². The zero-order valence-corrected chi connectivity index (χ0v) is 17.6. The lowest BCUT2D eigenvalue weighted by Crippen LogP contribution is -2.54. The van der Waals surface area contributed by atoms with E-state index in [2.05, 4.69) is 40.7 Å². The average Bonchev–Trinajstić information content (AvgIpc) is 3.19. The van der Waals surface area contributed by atoms with Gasteiger partial charge in [-0.15, -0.1) is 0 Å². The largest absolute Gasteiger partial charge is 0.348 e. The highest BCUT2D eigenvalue weighted by Gasteiger charge is 2.34. The van der Waals surface area contributed by atoms with E-state index in [1.165, 1.54) is 51.6 Å². The minimum atomic E-state index is 0.0405. The first-order valence-corrected chi connectivity index (χ1v) is 11.4. The van der Waals surface area contributed by atoms with E-state index in [4.69, 9.17) is 0 Å². The Bertz CT molecular complexity index is 651. The molecule has 3 aliphatic rings. The number of carbonyl (C=O) groups excluding carboxylic acids is 1. The van der Waals surface area contributed by atoms with Crippen molar-refractivity contribution in [2.45, 2.75) is 95.9 Å². The molecule has 156 valence electrons. The maximum atomic E-state index is 12.0. The Kier molecular flexibility index (Phi) is 6.36. The van der Waals surface area contributed by atoms with Crippen LogP contribution in [0.1, 0.15) is 76.8 Å². The number of aryl methyl sites for hydroxylation is 1. The summed E-state index contributed by atoms with van der Waals surface area (Å²) >= 11 is 0. The molecule has 4 atom stereocenters. The van der Waals surface area contributed by atoms with Crippen LogP contribution in [0.5, 0.6) is 0 Å². The highest BCUT2D eigenvalue weighted by atomic mass is 16.1. The summed E-state index contributed by atoms with van der Waals surface area (Å²) in [5.74, 6) is 1.05. The van der Waals surface area contributed by atoms with Gasteiger partial charge in [-0.25, -0.2) is 0 Å². The van der Waals surface area contributed by atoms with Gasteiger partial charge in [0.25, 0.3) is 0 Å². The number of hydrogen-bond acceptors (Lipinski definition) is 4. The Morgan fingerprint density at radius 3 is 2.75 bits per heavy atom. The molecular formula is C22H37N5O. The van der Waals surface area contributed by atoms with E-state index in [9.17, 15) is 4.79 Å². The Balaban J connectivity index is 1.33. The molecule has 3 heterocycles. The second-order valence-electron chi connectivity index (χ2n) is 9.22. The van der Waals surface area contributed by atoms with Crippen LogP contribution in [0.25, 0.3) is 0 Å². The number of piperidine rings is 2. The van der Waals surface area contributed by atoms with Gasteiger partial charge in [0, 0.05) is 42.9 Å². The number of rotatable bonds is 5. The third-order valence-corrected chi connectivity index (χ3v) is 7.14. The van der Waals surface area contributed by atoms with Gasteiger partial charge in [0.2, 0.25) is 5.91 Å². The van der Waals surface area contributed by atoms with Gasteiger partial charge in [0.1, 0.15) is 0 Å². The van der Waals surface area contributed by atoms with E-state index < -0.39 is 0 Å². The number of likely N-dealkylation sites (tertiary alicyclic amines) is 1. The van der Waals surface area contributed by atoms with Crippen LogP contribution in [0.15, 0.2) is 12.4 Å². The van der Waals surface area contributed by atoms with E-state index in [0.717, 1.165) is 30.5 Å². The van der Waals surface area contributed by atoms with Crippen molar-refractivity contribution >= 4 is 5.91 Å². The van der Waals surface area contributed by atoms with Crippen LogP contribution in [0.3, 0.4) is 0 Å². The molecule has 3 fully saturated rings. The molecule has 2 saturated heterocycles. The normalized spacial score (nSPS) is 33.0.